The average Bonchev–Trinajstić information content (AvgIpc) is 1.87. The van der Waals surface area contributed by atoms with Crippen molar-refractivity contribution in [2.75, 3.05) is 13.6 Å². The van der Waals surface area contributed by atoms with Crippen LogP contribution in [0.25, 0.3) is 0 Å². The highest BCUT2D eigenvalue weighted by molar-refractivity contribution is 5.81. The van der Waals surface area contributed by atoms with Crippen molar-refractivity contribution in [3.63, 3.8) is 0 Å². The number of hydrogen-bond acceptors (Lipinski definition) is 2. The van der Waals surface area contributed by atoms with Crippen molar-refractivity contribution < 1.29 is 4.79 Å². The quantitative estimate of drug-likeness (QED) is 0.552. The molecule has 0 aliphatic rings. The average molecular weight is 130 g/mol. The molecule has 0 fully saturated rings. The van der Waals surface area contributed by atoms with Gasteiger partial charge >= 0.3 is 0 Å². The molecule has 2 N–H and O–H groups in total. The first-order valence-corrected chi connectivity index (χ1v) is 3.17. The van der Waals surface area contributed by atoms with E-state index in [1.54, 1.807) is 7.05 Å². The van der Waals surface area contributed by atoms with Crippen LogP contribution in [0.4, 0.5) is 0 Å². The Labute approximate surface area is 55.8 Å². The molecule has 0 heterocycles. The number of likely N-dealkylation sites (N-methyl/N-ethyl adjacent to an activating group) is 2. The van der Waals surface area contributed by atoms with Gasteiger partial charge in [-0.3, -0.25) is 4.79 Å². The molecule has 3 heteroatoms. The first kappa shape index (κ1) is 8.43. The highest BCUT2D eigenvalue weighted by Crippen LogP contribution is 1.76. The maximum Gasteiger partial charge on any atom is 0.236 e. The molecule has 0 aliphatic carbocycles. The first-order valence-electron chi connectivity index (χ1n) is 3.17. The van der Waals surface area contributed by atoms with Gasteiger partial charge in [0.1, 0.15) is 0 Å². The molecule has 0 aliphatic heterocycles. The van der Waals surface area contributed by atoms with Crippen molar-refractivity contribution in [1.82, 2.24) is 10.6 Å². The van der Waals surface area contributed by atoms with E-state index in [2.05, 4.69) is 10.6 Å². The van der Waals surface area contributed by atoms with Crippen molar-refractivity contribution in [3.05, 3.63) is 0 Å². The summed E-state index contributed by atoms with van der Waals surface area (Å²) in [5.41, 5.74) is 0. The van der Waals surface area contributed by atoms with Gasteiger partial charge in [0.05, 0.1) is 6.04 Å². The van der Waals surface area contributed by atoms with Gasteiger partial charge in [-0.1, -0.05) is 0 Å². The molecule has 0 rings (SSSR count). The lowest BCUT2D eigenvalue weighted by Crippen LogP contribution is -2.40. The molecule has 9 heavy (non-hydrogen) atoms. The summed E-state index contributed by atoms with van der Waals surface area (Å²) in [4.78, 5) is 10.8. The van der Waals surface area contributed by atoms with Crippen LogP contribution in [0.1, 0.15) is 13.8 Å². The molecule has 3 nitrogen and oxygen atoms in total. The fourth-order valence-corrected chi connectivity index (χ4v) is 0.458. The first-order chi connectivity index (χ1) is 4.22. The third kappa shape index (κ3) is 3.08. The van der Waals surface area contributed by atoms with Crippen LogP contribution in [0.3, 0.4) is 0 Å². The van der Waals surface area contributed by atoms with Gasteiger partial charge in [0.2, 0.25) is 5.91 Å². The van der Waals surface area contributed by atoms with E-state index in [0.29, 0.717) is 6.54 Å². The van der Waals surface area contributed by atoms with Crippen LogP contribution in [-0.2, 0) is 4.79 Å². The molecule has 0 saturated heterocycles. The molecule has 1 amide bonds. The monoisotopic (exact) mass is 130 g/mol. The van der Waals surface area contributed by atoms with E-state index in [1.807, 2.05) is 13.8 Å². The summed E-state index contributed by atoms with van der Waals surface area (Å²) in [6.45, 7) is 4.43. The minimum atomic E-state index is -0.0788. The van der Waals surface area contributed by atoms with Gasteiger partial charge in [-0.2, -0.15) is 0 Å². The highest BCUT2D eigenvalue weighted by atomic mass is 16.2. The topological polar surface area (TPSA) is 41.1 Å². The molecule has 0 bridgehead atoms. The largest absolute Gasteiger partial charge is 0.355 e. The van der Waals surface area contributed by atoms with Gasteiger partial charge in [-0.15, -0.1) is 0 Å². The molecule has 0 saturated carbocycles. The predicted octanol–water partition coefficient (Wildman–Crippen LogP) is -0.270. The lowest BCUT2D eigenvalue weighted by molar-refractivity contribution is -0.122. The van der Waals surface area contributed by atoms with E-state index in [4.69, 9.17) is 0 Å². The second kappa shape index (κ2) is 4.32. The zero-order valence-corrected chi connectivity index (χ0v) is 6.19. The van der Waals surface area contributed by atoms with Crippen LogP contribution in [0.15, 0.2) is 0 Å². The normalized spacial score (nSPS) is 12.8. The van der Waals surface area contributed by atoms with E-state index in [9.17, 15) is 4.79 Å². The minimum absolute atomic E-state index is 0.0556. The Morgan fingerprint density at radius 3 is 2.56 bits per heavy atom. The second-order valence-corrected chi connectivity index (χ2v) is 1.90. The third-order valence-corrected chi connectivity index (χ3v) is 1.18. The maximum absolute atomic E-state index is 10.8. The van der Waals surface area contributed by atoms with E-state index in [1.165, 1.54) is 0 Å². The summed E-state index contributed by atoms with van der Waals surface area (Å²) in [5, 5.41) is 5.53. The van der Waals surface area contributed by atoms with Gasteiger partial charge < -0.3 is 10.6 Å². The smallest absolute Gasteiger partial charge is 0.236 e. The van der Waals surface area contributed by atoms with E-state index >= 15 is 0 Å². The molecule has 0 aromatic rings. The Bertz CT molecular complexity index is 93.1. The van der Waals surface area contributed by atoms with Crippen LogP contribution in [0.5, 0.6) is 0 Å². The number of amides is 1. The van der Waals surface area contributed by atoms with Crippen LogP contribution < -0.4 is 10.6 Å². The van der Waals surface area contributed by atoms with Crippen molar-refractivity contribution >= 4 is 5.91 Å². The lowest BCUT2D eigenvalue weighted by Gasteiger charge is -2.08. The third-order valence-electron chi connectivity index (χ3n) is 1.18. The summed E-state index contributed by atoms with van der Waals surface area (Å²) in [5.74, 6) is 0.0556. The van der Waals surface area contributed by atoms with Gasteiger partial charge in [-0.25, -0.2) is 0 Å². The number of hydrogen-bond donors (Lipinski definition) is 2. The summed E-state index contributed by atoms with van der Waals surface area (Å²) < 4.78 is 0. The van der Waals surface area contributed by atoms with Gasteiger partial charge in [0.15, 0.2) is 0 Å². The lowest BCUT2D eigenvalue weighted by atomic mass is 10.3. The zero-order chi connectivity index (χ0) is 7.28. The fraction of sp³-hybridized carbons (Fsp3) is 0.833. The molecule has 0 unspecified atom stereocenters. The minimum Gasteiger partial charge on any atom is -0.355 e. The highest BCUT2D eigenvalue weighted by Gasteiger charge is 2.06. The van der Waals surface area contributed by atoms with Crippen molar-refractivity contribution in [1.29, 1.82) is 0 Å². The van der Waals surface area contributed by atoms with Gasteiger partial charge in [0.25, 0.3) is 0 Å². The molecule has 54 valence electrons. The summed E-state index contributed by atoms with van der Waals surface area (Å²) in [7, 11) is 1.76. The van der Waals surface area contributed by atoms with Crippen LogP contribution in [0, 0.1) is 0 Å². The number of nitrogens with one attached hydrogen (secondary N) is 2. The van der Waals surface area contributed by atoms with Crippen molar-refractivity contribution in [2.24, 2.45) is 0 Å². The fourth-order valence-electron chi connectivity index (χ4n) is 0.458. The number of carbonyl (C=O) groups excluding carboxylic acids is 1. The Hall–Kier alpha value is -0.570. The molecule has 0 radical (unpaired) electrons. The van der Waals surface area contributed by atoms with Crippen LogP contribution >= 0.6 is 0 Å². The van der Waals surface area contributed by atoms with Gasteiger partial charge in [-0.05, 0) is 20.9 Å². The molecule has 1 atom stereocenters. The van der Waals surface area contributed by atoms with E-state index < -0.39 is 0 Å². The van der Waals surface area contributed by atoms with Gasteiger partial charge in [0, 0.05) is 6.54 Å². The molecular formula is C6H14N2O. The second-order valence-electron chi connectivity index (χ2n) is 1.90. The van der Waals surface area contributed by atoms with Crippen LogP contribution in [-0.4, -0.2) is 25.5 Å². The van der Waals surface area contributed by atoms with Crippen molar-refractivity contribution in [2.45, 2.75) is 19.9 Å². The maximum atomic E-state index is 10.8. The summed E-state index contributed by atoms with van der Waals surface area (Å²) in [6.07, 6.45) is 0. The number of rotatable bonds is 3. The summed E-state index contributed by atoms with van der Waals surface area (Å²) >= 11 is 0. The van der Waals surface area contributed by atoms with Crippen molar-refractivity contribution in [3.8, 4) is 0 Å². The Balaban J connectivity index is 3.46. The van der Waals surface area contributed by atoms with E-state index in [-0.39, 0.29) is 11.9 Å². The Morgan fingerprint density at radius 1 is 1.67 bits per heavy atom. The van der Waals surface area contributed by atoms with E-state index in [0.717, 1.165) is 0 Å². The number of carbonyl (C=O) groups is 1. The SMILES string of the molecule is CCNC(=O)[C@H](C)NC. The molecule has 0 spiro atoms. The molecule has 0 aromatic heterocycles. The molecule has 0 aromatic carbocycles. The molecular weight excluding hydrogens is 116 g/mol. The predicted molar refractivity (Wildman–Crippen MR) is 37.2 cm³/mol. The summed E-state index contributed by atoms with van der Waals surface area (Å²) in [6, 6.07) is -0.0788. The Morgan fingerprint density at radius 2 is 2.22 bits per heavy atom. The zero-order valence-electron chi connectivity index (χ0n) is 6.19. The van der Waals surface area contributed by atoms with Crippen LogP contribution in [0.2, 0.25) is 0 Å². The standard InChI is InChI=1S/C6H14N2O/c1-4-8-6(9)5(2)7-3/h5,7H,4H2,1-3H3,(H,8,9)/t5-/m0/s1. The Kier molecular flexibility index (Phi) is 4.05.